The van der Waals surface area contributed by atoms with Crippen LogP contribution in [0.5, 0.6) is 11.5 Å². The number of nitrogens with zero attached hydrogens (tertiary/aromatic N) is 1. The standard InChI is InChI=1S/C17H17NO5.BrH/c1-18-3-2-8-4-11(19)16-14(15(8)18)9-5-12-13(22-7-21-12)6-10(9)17(20)23-16;/h4-6,11,14-16,19H,2-3,7H2,1H3;1H/t11-,14-,15?,16+;/m0./s1. The quantitative estimate of drug-likeness (QED) is 0.531. The van der Waals surface area contributed by atoms with Gasteiger partial charge in [-0.25, -0.2) is 4.79 Å². The van der Waals surface area contributed by atoms with Gasteiger partial charge in [-0.05, 0) is 31.2 Å². The first-order valence-corrected chi connectivity index (χ1v) is 7.87. The number of esters is 1. The number of likely N-dealkylation sites (tertiary alicyclic amines) is 1. The van der Waals surface area contributed by atoms with Gasteiger partial charge in [0.25, 0.3) is 0 Å². The van der Waals surface area contributed by atoms with Gasteiger partial charge in [0.05, 0.1) is 5.56 Å². The van der Waals surface area contributed by atoms with Gasteiger partial charge >= 0.3 is 5.97 Å². The van der Waals surface area contributed by atoms with Crippen LogP contribution in [0.1, 0.15) is 28.3 Å². The summed E-state index contributed by atoms with van der Waals surface area (Å²) in [6.07, 6.45) is 1.49. The van der Waals surface area contributed by atoms with E-state index in [9.17, 15) is 9.90 Å². The molecule has 128 valence electrons. The molecule has 0 aromatic heterocycles. The largest absolute Gasteiger partial charge is 0.455 e. The van der Waals surface area contributed by atoms with Crippen molar-refractivity contribution in [2.24, 2.45) is 0 Å². The fourth-order valence-corrected chi connectivity index (χ4v) is 4.36. The number of hydrogen-bond donors (Lipinski definition) is 1. The van der Waals surface area contributed by atoms with Gasteiger partial charge in [0.1, 0.15) is 12.2 Å². The highest BCUT2D eigenvalue weighted by atomic mass is 79.9. The molecular weight excluding hydrogens is 378 g/mol. The summed E-state index contributed by atoms with van der Waals surface area (Å²) in [5, 5.41) is 10.4. The van der Waals surface area contributed by atoms with Crippen LogP contribution in [0.15, 0.2) is 23.8 Å². The van der Waals surface area contributed by atoms with E-state index in [0.29, 0.717) is 17.1 Å². The molecule has 5 rings (SSSR count). The Morgan fingerprint density at radius 2 is 2.00 bits per heavy atom. The first-order chi connectivity index (χ1) is 11.1. The van der Waals surface area contributed by atoms with Crippen molar-refractivity contribution in [1.82, 2.24) is 4.90 Å². The first-order valence-electron chi connectivity index (χ1n) is 7.87. The lowest BCUT2D eigenvalue weighted by atomic mass is 9.74. The lowest BCUT2D eigenvalue weighted by molar-refractivity contribution is -0.0336. The molecule has 1 aliphatic carbocycles. The lowest BCUT2D eigenvalue weighted by Crippen LogP contribution is -2.50. The van der Waals surface area contributed by atoms with Crippen LogP contribution in [0.4, 0.5) is 0 Å². The Morgan fingerprint density at radius 1 is 1.25 bits per heavy atom. The molecule has 1 N–H and O–H groups in total. The van der Waals surface area contributed by atoms with Crippen molar-refractivity contribution in [1.29, 1.82) is 0 Å². The molecule has 0 bridgehead atoms. The molecule has 6 nitrogen and oxygen atoms in total. The van der Waals surface area contributed by atoms with E-state index in [4.69, 9.17) is 14.2 Å². The molecule has 0 saturated carbocycles. The van der Waals surface area contributed by atoms with Crippen LogP contribution in [0.25, 0.3) is 0 Å². The molecule has 1 aromatic rings. The third kappa shape index (κ3) is 2.04. The Balaban J connectivity index is 0.00000146. The average molecular weight is 396 g/mol. The predicted molar refractivity (Wildman–Crippen MR) is 90.0 cm³/mol. The van der Waals surface area contributed by atoms with Crippen LogP contribution < -0.4 is 9.47 Å². The van der Waals surface area contributed by atoms with E-state index in [0.717, 1.165) is 18.5 Å². The topological polar surface area (TPSA) is 68.2 Å². The molecule has 0 spiro atoms. The van der Waals surface area contributed by atoms with E-state index >= 15 is 0 Å². The zero-order valence-corrected chi connectivity index (χ0v) is 14.8. The average Bonchev–Trinajstić information content (AvgIpc) is 3.13. The van der Waals surface area contributed by atoms with E-state index in [-0.39, 0.29) is 35.7 Å². The predicted octanol–water partition coefficient (Wildman–Crippen LogP) is 1.62. The third-order valence-corrected chi connectivity index (χ3v) is 5.39. The van der Waals surface area contributed by atoms with E-state index in [1.165, 1.54) is 5.57 Å². The van der Waals surface area contributed by atoms with Crippen molar-refractivity contribution < 1.29 is 24.1 Å². The number of likely N-dealkylation sites (N-methyl/N-ethyl adjacent to an activating group) is 1. The fraction of sp³-hybridized carbons (Fsp3) is 0.471. The van der Waals surface area contributed by atoms with Crippen LogP contribution >= 0.6 is 17.0 Å². The molecule has 1 fully saturated rings. The van der Waals surface area contributed by atoms with Crippen molar-refractivity contribution in [3.63, 3.8) is 0 Å². The van der Waals surface area contributed by atoms with Crippen LogP contribution in [-0.2, 0) is 4.74 Å². The molecule has 1 saturated heterocycles. The van der Waals surface area contributed by atoms with Crippen molar-refractivity contribution in [2.45, 2.75) is 30.6 Å². The normalized spacial score (nSPS) is 32.9. The minimum Gasteiger partial charge on any atom is -0.455 e. The molecule has 1 aromatic carbocycles. The fourth-order valence-electron chi connectivity index (χ4n) is 4.36. The molecule has 4 aliphatic rings. The third-order valence-electron chi connectivity index (χ3n) is 5.39. The minimum atomic E-state index is -0.764. The number of carbonyl (C=O) groups excluding carboxylic acids is 1. The van der Waals surface area contributed by atoms with E-state index in [2.05, 4.69) is 11.9 Å². The highest BCUT2D eigenvalue weighted by Gasteiger charge is 2.50. The van der Waals surface area contributed by atoms with Gasteiger partial charge in [-0.3, -0.25) is 4.90 Å². The Bertz CT molecular complexity index is 749. The zero-order valence-electron chi connectivity index (χ0n) is 13.1. The maximum atomic E-state index is 12.4. The molecule has 0 radical (unpaired) electrons. The number of halogens is 1. The molecule has 0 amide bonds. The number of carbonyl (C=O) groups is 1. The maximum absolute atomic E-state index is 12.4. The second kappa shape index (κ2) is 5.47. The van der Waals surface area contributed by atoms with Gasteiger partial charge in [0, 0.05) is 18.5 Å². The first kappa shape index (κ1) is 15.9. The summed E-state index contributed by atoms with van der Waals surface area (Å²) in [7, 11) is 2.07. The number of aliphatic hydroxyl groups is 1. The van der Waals surface area contributed by atoms with Gasteiger partial charge in [-0.2, -0.15) is 0 Å². The summed E-state index contributed by atoms with van der Waals surface area (Å²) in [4.78, 5) is 14.7. The SMILES string of the molecule is Br.CN1CCC2=C[C@H](O)[C@H]3OC(=O)c4cc5c(cc4[C@H]3C21)OCO5. The zero-order chi connectivity index (χ0) is 15.7. The molecule has 3 heterocycles. The number of fused-ring (bicyclic) bond motifs is 6. The van der Waals surface area contributed by atoms with Crippen molar-refractivity contribution >= 4 is 23.0 Å². The second-order valence-electron chi connectivity index (χ2n) is 6.60. The van der Waals surface area contributed by atoms with Gasteiger partial charge in [0.2, 0.25) is 6.79 Å². The van der Waals surface area contributed by atoms with Crippen LogP contribution in [0.3, 0.4) is 0 Å². The summed E-state index contributed by atoms with van der Waals surface area (Å²) in [5.41, 5.74) is 2.63. The molecule has 24 heavy (non-hydrogen) atoms. The number of rotatable bonds is 0. The smallest absolute Gasteiger partial charge is 0.338 e. The van der Waals surface area contributed by atoms with Crippen LogP contribution in [0, 0.1) is 0 Å². The number of ether oxygens (including phenoxy) is 3. The Morgan fingerprint density at radius 3 is 2.79 bits per heavy atom. The van der Waals surface area contributed by atoms with Crippen LogP contribution in [-0.4, -0.2) is 54.6 Å². The maximum Gasteiger partial charge on any atom is 0.338 e. The highest BCUT2D eigenvalue weighted by Crippen LogP contribution is 2.48. The van der Waals surface area contributed by atoms with Gasteiger partial charge in [0.15, 0.2) is 11.5 Å². The van der Waals surface area contributed by atoms with Crippen molar-refractivity contribution in [3.8, 4) is 11.5 Å². The second-order valence-corrected chi connectivity index (χ2v) is 6.60. The summed E-state index contributed by atoms with van der Waals surface area (Å²) in [6, 6.07) is 3.74. The van der Waals surface area contributed by atoms with Gasteiger partial charge in [-0.15, -0.1) is 17.0 Å². The number of hydrogen-bond acceptors (Lipinski definition) is 6. The van der Waals surface area contributed by atoms with E-state index < -0.39 is 18.2 Å². The Labute approximate surface area is 149 Å². The van der Waals surface area contributed by atoms with Crippen LogP contribution in [0.2, 0.25) is 0 Å². The Kier molecular flexibility index (Phi) is 3.63. The highest BCUT2D eigenvalue weighted by molar-refractivity contribution is 8.93. The molecule has 4 atom stereocenters. The summed E-state index contributed by atoms with van der Waals surface area (Å²) >= 11 is 0. The summed E-state index contributed by atoms with van der Waals surface area (Å²) in [5.74, 6) is 0.741. The lowest BCUT2D eigenvalue weighted by Gasteiger charge is -2.43. The molecule has 3 aliphatic heterocycles. The number of aliphatic hydroxyl groups excluding tert-OH is 1. The molecular formula is C17H18BrNO5. The molecule has 7 heteroatoms. The minimum absolute atomic E-state index is 0. The summed E-state index contributed by atoms with van der Waals surface area (Å²) in [6.45, 7) is 1.11. The van der Waals surface area contributed by atoms with Crippen molar-refractivity contribution in [2.75, 3.05) is 20.4 Å². The monoisotopic (exact) mass is 395 g/mol. The van der Waals surface area contributed by atoms with E-state index in [1.807, 2.05) is 12.1 Å². The number of benzene rings is 1. The van der Waals surface area contributed by atoms with Gasteiger partial charge in [-0.1, -0.05) is 11.6 Å². The van der Waals surface area contributed by atoms with Gasteiger partial charge < -0.3 is 19.3 Å². The molecule has 1 unspecified atom stereocenters. The van der Waals surface area contributed by atoms with Crippen molar-refractivity contribution in [3.05, 3.63) is 34.9 Å². The Hall–Kier alpha value is -1.57. The van der Waals surface area contributed by atoms with E-state index in [1.54, 1.807) is 6.07 Å². The summed E-state index contributed by atoms with van der Waals surface area (Å²) < 4.78 is 16.4.